The third-order valence-electron chi connectivity index (χ3n) is 1.23. The Morgan fingerprint density at radius 1 is 1.50 bits per heavy atom. The van der Waals surface area contributed by atoms with E-state index in [4.69, 9.17) is 9.93 Å². The van der Waals surface area contributed by atoms with Gasteiger partial charge in [-0.1, -0.05) is 0 Å². The van der Waals surface area contributed by atoms with Crippen LogP contribution < -0.4 is 5.55 Å². The van der Waals surface area contributed by atoms with E-state index in [0.717, 1.165) is 5.52 Å². The molecule has 1 N–H and O–H groups in total. The Morgan fingerprint density at radius 2 is 2.40 bits per heavy atom. The summed E-state index contributed by atoms with van der Waals surface area (Å²) in [5.41, 5.74) is 0.988. The first-order valence-electron chi connectivity index (χ1n) is 2.83. The van der Waals surface area contributed by atoms with Gasteiger partial charge in [0.1, 0.15) is 11.8 Å². The lowest BCUT2D eigenvalue weighted by Crippen LogP contribution is -1.98. The Morgan fingerprint density at radius 3 is 3.30 bits per heavy atom. The average Bonchev–Trinajstić information content (AvgIpc) is 2.33. The Balaban J connectivity index is 2.99. The Hall–Kier alpha value is -1.58. The third-order valence-corrected chi connectivity index (χ3v) is 1.23. The molecule has 0 spiro atoms. The van der Waals surface area contributed by atoms with Crippen molar-refractivity contribution in [3.8, 4) is 0 Å². The second-order valence-electron chi connectivity index (χ2n) is 1.93. The van der Waals surface area contributed by atoms with Gasteiger partial charge in [0, 0.05) is 6.07 Å². The molecule has 4 heteroatoms. The minimum atomic E-state index is 0.130. The predicted octanol–water partition coefficient (Wildman–Crippen LogP) is 0.407. The molecule has 2 aromatic rings. The molecule has 0 amide bonds. The largest absolute Gasteiger partial charge is 0.354 e. The van der Waals surface area contributed by atoms with Gasteiger partial charge in [-0.15, -0.1) is 0 Å². The van der Waals surface area contributed by atoms with E-state index in [-0.39, 0.29) is 5.55 Å². The lowest BCUT2D eigenvalue weighted by molar-refractivity contribution is 0.319. The van der Waals surface area contributed by atoms with Gasteiger partial charge in [0.05, 0.1) is 6.20 Å². The summed E-state index contributed by atoms with van der Waals surface area (Å²) < 4.78 is 6.37. The number of nitrogens with zero attached hydrogens (tertiary/aromatic N) is 2. The first-order valence-corrected chi connectivity index (χ1v) is 2.83. The van der Waals surface area contributed by atoms with E-state index in [1.54, 1.807) is 18.3 Å². The molecule has 0 radical (unpaired) electrons. The molecule has 0 aliphatic heterocycles. The Bertz CT molecular complexity index is 400. The fraction of sp³-hybridized carbons (Fsp3) is 0. The molecule has 0 atom stereocenters. The number of fused-ring (bicyclic) bond motifs is 1. The van der Waals surface area contributed by atoms with Gasteiger partial charge >= 0.3 is 0 Å². The summed E-state index contributed by atoms with van der Waals surface area (Å²) in [4.78, 5) is 3.83. The predicted molar refractivity (Wildman–Crippen MR) is 33.3 cm³/mol. The van der Waals surface area contributed by atoms with Crippen molar-refractivity contribution in [3.63, 3.8) is 0 Å². The maximum atomic E-state index is 7.10. The lowest BCUT2D eigenvalue weighted by atomic mass is 10.5. The van der Waals surface area contributed by atoms with Gasteiger partial charge in [-0.05, 0) is 6.07 Å². The maximum Gasteiger partial charge on any atom is 0.239 e. The highest BCUT2D eigenvalue weighted by atomic mass is 16.5. The first kappa shape index (κ1) is 5.22. The van der Waals surface area contributed by atoms with Crippen LogP contribution in [0.5, 0.6) is 0 Å². The summed E-state index contributed by atoms with van der Waals surface area (Å²) in [6.07, 6.45) is 3.19. The van der Waals surface area contributed by atoms with Gasteiger partial charge in [0.25, 0.3) is 0 Å². The van der Waals surface area contributed by atoms with Gasteiger partial charge in [-0.2, -0.15) is 4.57 Å². The van der Waals surface area contributed by atoms with Crippen molar-refractivity contribution in [1.82, 2.24) is 9.56 Å². The smallest absolute Gasteiger partial charge is 0.239 e. The fourth-order valence-electron chi connectivity index (χ4n) is 0.784. The van der Waals surface area contributed by atoms with E-state index in [1.807, 2.05) is 0 Å². The van der Waals surface area contributed by atoms with Crippen molar-refractivity contribution < 1.29 is 4.52 Å². The molecule has 2 heterocycles. The van der Waals surface area contributed by atoms with Gasteiger partial charge in [-0.25, -0.2) is 4.98 Å². The molecule has 0 aliphatic rings. The van der Waals surface area contributed by atoms with Crippen molar-refractivity contribution in [2.24, 2.45) is 0 Å². The van der Waals surface area contributed by atoms with Gasteiger partial charge in [0.15, 0.2) is 0 Å². The highest BCUT2D eigenvalue weighted by molar-refractivity contribution is 5.40. The van der Waals surface area contributed by atoms with Crippen molar-refractivity contribution >= 4 is 5.52 Å². The molecule has 10 heavy (non-hydrogen) atoms. The molecule has 50 valence electrons. The number of aromatic nitrogens is 2. The topological polar surface area (TPSA) is 54.3 Å². The van der Waals surface area contributed by atoms with Gasteiger partial charge in [0.2, 0.25) is 5.55 Å². The molecule has 0 aliphatic carbocycles. The molecule has 4 nitrogen and oxygen atoms in total. The van der Waals surface area contributed by atoms with Crippen molar-refractivity contribution in [1.29, 1.82) is 5.41 Å². The standard InChI is InChI=1S/C6H5N3O/c7-6-2-1-5-3-8-4-9(5)10-6/h1-4,7H. The Labute approximate surface area is 56.2 Å². The molecule has 0 unspecified atom stereocenters. The van der Waals surface area contributed by atoms with Crippen LogP contribution in [0.4, 0.5) is 0 Å². The number of nitrogens with one attached hydrogen (secondary N) is 1. The number of rotatable bonds is 0. The van der Waals surface area contributed by atoms with Gasteiger partial charge in [-0.3, -0.25) is 5.41 Å². The number of hydrogen-bond acceptors (Lipinski definition) is 3. The molecular formula is C6H5N3O. The van der Waals surface area contributed by atoms with Crippen LogP contribution in [0.15, 0.2) is 29.2 Å². The van der Waals surface area contributed by atoms with Crippen LogP contribution in [0.2, 0.25) is 0 Å². The zero-order chi connectivity index (χ0) is 6.97. The molecule has 0 saturated carbocycles. The van der Waals surface area contributed by atoms with Crippen LogP contribution in [0.3, 0.4) is 0 Å². The van der Waals surface area contributed by atoms with Crippen molar-refractivity contribution in [2.75, 3.05) is 0 Å². The zero-order valence-corrected chi connectivity index (χ0v) is 5.11. The highest BCUT2D eigenvalue weighted by Gasteiger charge is 1.90. The lowest BCUT2D eigenvalue weighted by Gasteiger charge is -1.87. The normalized spacial score (nSPS) is 10.4. The van der Waals surface area contributed by atoms with E-state index in [0.29, 0.717) is 0 Å². The average molecular weight is 135 g/mol. The highest BCUT2D eigenvalue weighted by Crippen LogP contribution is 1.95. The minimum Gasteiger partial charge on any atom is -0.354 e. The van der Waals surface area contributed by atoms with E-state index < -0.39 is 0 Å². The summed E-state index contributed by atoms with van der Waals surface area (Å²) >= 11 is 0. The third kappa shape index (κ3) is 0.621. The number of imidazole rings is 1. The van der Waals surface area contributed by atoms with E-state index in [1.165, 1.54) is 10.9 Å². The van der Waals surface area contributed by atoms with Crippen LogP contribution >= 0.6 is 0 Å². The van der Waals surface area contributed by atoms with Crippen LogP contribution in [0.25, 0.3) is 5.52 Å². The molecule has 0 aromatic carbocycles. The summed E-state index contributed by atoms with van der Waals surface area (Å²) in [6, 6.07) is 3.36. The summed E-state index contributed by atoms with van der Waals surface area (Å²) in [6.45, 7) is 0. The molecule has 0 saturated heterocycles. The molecule has 2 rings (SSSR count). The quantitative estimate of drug-likeness (QED) is 0.568. The summed E-state index contributed by atoms with van der Waals surface area (Å²) in [7, 11) is 0. The molecule has 0 fully saturated rings. The monoisotopic (exact) mass is 135 g/mol. The second kappa shape index (κ2) is 1.70. The fourth-order valence-corrected chi connectivity index (χ4v) is 0.784. The minimum absolute atomic E-state index is 0.130. The maximum absolute atomic E-state index is 7.10. The number of hydrogen-bond donors (Lipinski definition) is 1. The summed E-state index contributed by atoms with van der Waals surface area (Å²) in [5, 5.41) is 7.10. The Kier molecular flexibility index (Phi) is 0.887. The zero-order valence-electron chi connectivity index (χ0n) is 5.11. The summed E-state index contributed by atoms with van der Waals surface area (Å²) in [5.74, 6) is 0. The van der Waals surface area contributed by atoms with Crippen LogP contribution in [0, 0.1) is 5.41 Å². The van der Waals surface area contributed by atoms with E-state index >= 15 is 0 Å². The van der Waals surface area contributed by atoms with Crippen LogP contribution in [-0.4, -0.2) is 9.56 Å². The van der Waals surface area contributed by atoms with Crippen LogP contribution in [-0.2, 0) is 0 Å². The second-order valence-corrected chi connectivity index (χ2v) is 1.93. The van der Waals surface area contributed by atoms with E-state index in [2.05, 4.69) is 4.98 Å². The van der Waals surface area contributed by atoms with E-state index in [9.17, 15) is 0 Å². The van der Waals surface area contributed by atoms with Crippen molar-refractivity contribution in [2.45, 2.75) is 0 Å². The molecule has 2 aromatic heterocycles. The van der Waals surface area contributed by atoms with Crippen LogP contribution in [0.1, 0.15) is 0 Å². The molecule has 0 bridgehead atoms. The SMILES string of the molecule is N=c1ccc2cncn2o1. The molecular weight excluding hydrogens is 130 g/mol. The van der Waals surface area contributed by atoms with Crippen molar-refractivity contribution in [3.05, 3.63) is 30.2 Å². The first-order chi connectivity index (χ1) is 4.86. The van der Waals surface area contributed by atoms with Gasteiger partial charge < -0.3 is 4.52 Å².